The number of hydrogen-bond donors (Lipinski definition) is 0. The van der Waals surface area contributed by atoms with Crippen LogP contribution in [0.15, 0.2) is 34.5 Å². The number of benzene rings is 1. The molecule has 1 rings (SSSR count). The van der Waals surface area contributed by atoms with Gasteiger partial charge in [0.05, 0.1) is 17.7 Å². The fourth-order valence-corrected chi connectivity index (χ4v) is 1.26. The Balaban J connectivity index is 2.60. The molecule has 0 N–H and O–H groups in total. The molecule has 7 nitrogen and oxygen atoms in total. The molecule has 0 spiro atoms. The van der Waals surface area contributed by atoms with Crippen molar-refractivity contribution in [1.29, 1.82) is 0 Å². The molecule has 0 aromatic heterocycles. The molecule has 1 atom stereocenters. The average molecular weight is 253 g/mol. The van der Waals surface area contributed by atoms with Crippen LogP contribution >= 0.6 is 11.6 Å². The van der Waals surface area contributed by atoms with E-state index in [1.54, 1.807) is 24.3 Å². The standard InChI is InChI=1S/C9H9ClN6O/c10-8-3-1-2-4-9(8)17-6-7(14-16-12)5-13-15-11/h1-4,7H,5-6H2. The van der Waals surface area contributed by atoms with Gasteiger partial charge in [-0.2, -0.15) is 0 Å². The first kappa shape index (κ1) is 13.0. The molecule has 17 heavy (non-hydrogen) atoms. The Hall–Kier alpha value is -2.07. The van der Waals surface area contributed by atoms with E-state index in [2.05, 4.69) is 20.1 Å². The molecule has 0 amide bonds. The van der Waals surface area contributed by atoms with Gasteiger partial charge in [0.25, 0.3) is 0 Å². The molecule has 88 valence electrons. The average Bonchev–Trinajstić information content (AvgIpc) is 2.34. The fourth-order valence-electron chi connectivity index (χ4n) is 1.07. The highest BCUT2D eigenvalue weighted by molar-refractivity contribution is 6.32. The van der Waals surface area contributed by atoms with Gasteiger partial charge >= 0.3 is 0 Å². The SMILES string of the molecule is [N-]=[N+]=NCC(COc1ccccc1Cl)N=[N+]=[N-]. The molecular weight excluding hydrogens is 244 g/mol. The molecule has 0 aliphatic carbocycles. The van der Waals surface area contributed by atoms with Crippen molar-refractivity contribution >= 4 is 11.6 Å². The summed E-state index contributed by atoms with van der Waals surface area (Å²) in [5, 5.41) is 7.25. The molecule has 0 radical (unpaired) electrons. The molecule has 0 saturated carbocycles. The van der Waals surface area contributed by atoms with E-state index >= 15 is 0 Å². The summed E-state index contributed by atoms with van der Waals surface area (Å²) in [5.41, 5.74) is 16.5. The zero-order valence-electron chi connectivity index (χ0n) is 8.77. The quantitative estimate of drug-likeness (QED) is 0.429. The van der Waals surface area contributed by atoms with Gasteiger partial charge in [0.1, 0.15) is 5.75 Å². The van der Waals surface area contributed by atoms with E-state index in [0.717, 1.165) is 0 Å². The van der Waals surface area contributed by atoms with Crippen LogP contribution in [-0.4, -0.2) is 19.2 Å². The summed E-state index contributed by atoms with van der Waals surface area (Å²) in [4.78, 5) is 5.24. The van der Waals surface area contributed by atoms with E-state index in [1.165, 1.54) is 0 Å². The molecule has 0 bridgehead atoms. The number of ether oxygens (including phenoxy) is 1. The first-order valence-electron chi connectivity index (χ1n) is 4.70. The van der Waals surface area contributed by atoms with Crippen LogP contribution in [-0.2, 0) is 0 Å². The minimum Gasteiger partial charge on any atom is -0.492 e. The van der Waals surface area contributed by atoms with Gasteiger partial charge in [-0.05, 0) is 23.2 Å². The summed E-state index contributed by atoms with van der Waals surface area (Å²) >= 11 is 5.88. The van der Waals surface area contributed by atoms with Gasteiger partial charge < -0.3 is 4.74 Å². The summed E-state index contributed by atoms with van der Waals surface area (Å²) in [5.74, 6) is 0.494. The van der Waals surface area contributed by atoms with Gasteiger partial charge in [0.2, 0.25) is 0 Å². The Morgan fingerprint density at radius 1 is 1.29 bits per heavy atom. The molecule has 0 saturated heterocycles. The van der Waals surface area contributed by atoms with Crippen LogP contribution in [0, 0.1) is 0 Å². The zero-order valence-corrected chi connectivity index (χ0v) is 9.53. The first-order valence-corrected chi connectivity index (χ1v) is 5.08. The van der Waals surface area contributed by atoms with Crippen molar-refractivity contribution in [2.24, 2.45) is 10.2 Å². The Labute approximate surface area is 102 Å². The number of rotatable bonds is 6. The highest BCUT2D eigenvalue weighted by atomic mass is 35.5. The van der Waals surface area contributed by atoms with Crippen molar-refractivity contribution < 1.29 is 4.74 Å². The molecule has 8 heteroatoms. The highest BCUT2D eigenvalue weighted by Crippen LogP contribution is 2.23. The Bertz CT molecular complexity index is 466. The van der Waals surface area contributed by atoms with Crippen molar-refractivity contribution in [3.05, 3.63) is 50.2 Å². The minimum absolute atomic E-state index is 0.0466. The van der Waals surface area contributed by atoms with Gasteiger partial charge in [-0.1, -0.05) is 34.0 Å². The van der Waals surface area contributed by atoms with E-state index in [9.17, 15) is 0 Å². The molecule has 1 unspecified atom stereocenters. The lowest BCUT2D eigenvalue weighted by Crippen LogP contribution is -2.18. The molecule has 0 aliphatic rings. The lowest BCUT2D eigenvalue weighted by atomic mass is 10.3. The van der Waals surface area contributed by atoms with Crippen LogP contribution in [0.3, 0.4) is 0 Å². The van der Waals surface area contributed by atoms with Crippen molar-refractivity contribution in [3.8, 4) is 5.75 Å². The van der Waals surface area contributed by atoms with Gasteiger partial charge in [-0.15, -0.1) is 0 Å². The number of halogens is 1. The van der Waals surface area contributed by atoms with Crippen LogP contribution in [0.25, 0.3) is 20.9 Å². The summed E-state index contributed by atoms with van der Waals surface area (Å²) in [6, 6.07) is 6.39. The normalized spacial score (nSPS) is 10.9. The van der Waals surface area contributed by atoms with Crippen molar-refractivity contribution in [3.63, 3.8) is 0 Å². The van der Waals surface area contributed by atoms with Crippen LogP contribution in [0.2, 0.25) is 5.02 Å². The van der Waals surface area contributed by atoms with Crippen LogP contribution in [0.5, 0.6) is 5.75 Å². The van der Waals surface area contributed by atoms with E-state index in [0.29, 0.717) is 10.8 Å². The molecule has 0 aliphatic heterocycles. The predicted molar refractivity (Wildman–Crippen MR) is 63.9 cm³/mol. The maximum Gasteiger partial charge on any atom is 0.137 e. The summed E-state index contributed by atoms with van der Waals surface area (Å²) in [6.07, 6.45) is 0. The number of azide groups is 2. The third kappa shape index (κ3) is 4.53. The van der Waals surface area contributed by atoms with Gasteiger partial charge in [-0.3, -0.25) is 0 Å². The second kappa shape index (κ2) is 7.24. The zero-order chi connectivity index (χ0) is 12.5. The predicted octanol–water partition coefficient (Wildman–Crippen LogP) is 3.71. The van der Waals surface area contributed by atoms with Crippen LogP contribution < -0.4 is 4.74 Å². The Kier molecular flexibility index (Phi) is 5.54. The molecular formula is C9H9ClN6O. The second-order valence-electron chi connectivity index (χ2n) is 3.01. The third-order valence-corrected chi connectivity index (χ3v) is 2.15. The van der Waals surface area contributed by atoms with E-state index in [-0.39, 0.29) is 13.2 Å². The van der Waals surface area contributed by atoms with E-state index < -0.39 is 6.04 Å². The molecule has 1 aromatic carbocycles. The molecule has 1 aromatic rings. The third-order valence-electron chi connectivity index (χ3n) is 1.84. The van der Waals surface area contributed by atoms with Crippen LogP contribution in [0.1, 0.15) is 0 Å². The number of hydrogen-bond acceptors (Lipinski definition) is 3. The summed E-state index contributed by atoms with van der Waals surface area (Å²) in [7, 11) is 0. The number of nitrogens with zero attached hydrogens (tertiary/aromatic N) is 6. The van der Waals surface area contributed by atoms with Gasteiger partial charge in [0.15, 0.2) is 0 Å². The molecule has 0 fully saturated rings. The lowest BCUT2D eigenvalue weighted by Gasteiger charge is -2.11. The Morgan fingerprint density at radius 3 is 2.71 bits per heavy atom. The van der Waals surface area contributed by atoms with Crippen LogP contribution in [0.4, 0.5) is 0 Å². The fraction of sp³-hybridized carbons (Fsp3) is 0.333. The molecule has 0 heterocycles. The smallest absolute Gasteiger partial charge is 0.137 e. The van der Waals surface area contributed by atoms with Gasteiger partial charge in [-0.25, -0.2) is 0 Å². The maximum atomic E-state index is 8.33. The van der Waals surface area contributed by atoms with Crippen molar-refractivity contribution in [1.82, 2.24) is 0 Å². The van der Waals surface area contributed by atoms with E-state index in [1.807, 2.05) is 0 Å². The summed E-state index contributed by atoms with van der Waals surface area (Å²) in [6.45, 7) is 0.151. The topological polar surface area (TPSA) is 107 Å². The van der Waals surface area contributed by atoms with E-state index in [4.69, 9.17) is 27.4 Å². The maximum absolute atomic E-state index is 8.33. The monoisotopic (exact) mass is 252 g/mol. The van der Waals surface area contributed by atoms with Crippen molar-refractivity contribution in [2.75, 3.05) is 13.2 Å². The Morgan fingerprint density at radius 2 is 2.06 bits per heavy atom. The minimum atomic E-state index is -0.549. The lowest BCUT2D eigenvalue weighted by molar-refractivity contribution is 0.291. The number of para-hydroxylation sites is 1. The van der Waals surface area contributed by atoms with Gasteiger partial charge in [0, 0.05) is 16.4 Å². The summed E-state index contributed by atoms with van der Waals surface area (Å²) < 4.78 is 5.37. The van der Waals surface area contributed by atoms with Crippen molar-refractivity contribution in [2.45, 2.75) is 6.04 Å². The second-order valence-corrected chi connectivity index (χ2v) is 3.42. The highest BCUT2D eigenvalue weighted by Gasteiger charge is 2.07. The first-order chi connectivity index (χ1) is 8.27. The largest absolute Gasteiger partial charge is 0.492 e.